The van der Waals surface area contributed by atoms with Crippen molar-refractivity contribution in [1.82, 2.24) is 14.5 Å². The monoisotopic (exact) mass is 315 g/mol. The molecule has 114 valence electrons. The minimum Gasteiger partial charge on any atom is -0.481 e. The number of thioether (sulfide) groups is 1. The van der Waals surface area contributed by atoms with E-state index in [0.717, 1.165) is 17.8 Å². The molecule has 0 saturated heterocycles. The van der Waals surface area contributed by atoms with Crippen molar-refractivity contribution in [2.45, 2.75) is 11.7 Å². The summed E-state index contributed by atoms with van der Waals surface area (Å²) in [7, 11) is 3.76. The summed E-state index contributed by atoms with van der Waals surface area (Å²) in [6, 6.07) is 1.99. The Labute approximate surface area is 124 Å². The highest BCUT2D eigenvalue weighted by Gasteiger charge is 2.17. The van der Waals surface area contributed by atoms with Crippen molar-refractivity contribution in [3.8, 4) is 0 Å². The Morgan fingerprint density at radius 2 is 2.14 bits per heavy atom. The molecule has 21 heavy (non-hydrogen) atoms. The number of benzene rings is 1. The van der Waals surface area contributed by atoms with E-state index >= 15 is 0 Å². The second-order valence-electron chi connectivity index (χ2n) is 4.79. The van der Waals surface area contributed by atoms with E-state index < -0.39 is 17.6 Å². The summed E-state index contributed by atoms with van der Waals surface area (Å²) < 4.78 is 28.8. The zero-order valence-electron chi connectivity index (χ0n) is 11.6. The normalized spacial score (nSPS) is 11.5. The Kier molecular flexibility index (Phi) is 4.79. The number of carboxylic acids is 1. The Balaban J connectivity index is 2.46. The van der Waals surface area contributed by atoms with E-state index in [-0.39, 0.29) is 11.3 Å². The van der Waals surface area contributed by atoms with Crippen LogP contribution in [0.25, 0.3) is 11.0 Å². The molecule has 5 nitrogen and oxygen atoms in total. The zero-order valence-corrected chi connectivity index (χ0v) is 12.5. The molecule has 0 amide bonds. The van der Waals surface area contributed by atoms with Crippen molar-refractivity contribution in [2.24, 2.45) is 0 Å². The van der Waals surface area contributed by atoms with Crippen molar-refractivity contribution >= 4 is 28.8 Å². The average Bonchev–Trinajstić information content (AvgIpc) is 2.72. The predicted molar refractivity (Wildman–Crippen MR) is 76.6 cm³/mol. The number of hydrogen-bond donors (Lipinski definition) is 1. The second-order valence-corrected chi connectivity index (χ2v) is 5.73. The van der Waals surface area contributed by atoms with Crippen LogP contribution in [0.1, 0.15) is 0 Å². The summed E-state index contributed by atoms with van der Waals surface area (Å²) in [4.78, 5) is 16.7. The van der Waals surface area contributed by atoms with E-state index in [1.54, 1.807) is 4.57 Å². The fourth-order valence-corrected chi connectivity index (χ4v) is 2.63. The van der Waals surface area contributed by atoms with Gasteiger partial charge in [0.25, 0.3) is 0 Å². The lowest BCUT2D eigenvalue weighted by Crippen LogP contribution is -2.19. The molecule has 0 radical (unpaired) electrons. The van der Waals surface area contributed by atoms with Crippen molar-refractivity contribution in [1.29, 1.82) is 0 Å². The maximum Gasteiger partial charge on any atom is 0.313 e. The summed E-state index contributed by atoms with van der Waals surface area (Å²) in [5.74, 6) is -2.60. The van der Waals surface area contributed by atoms with Gasteiger partial charge in [0.1, 0.15) is 11.3 Å². The Morgan fingerprint density at radius 3 is 2.76 bits per heavy atom. The van der Waals surface area contributed by atoms with Crippen LogP contribution < -0.4 is 0 Å². The number of halogens is 2. The lowest BCUT2D eigenvalue weighted by Gasteiger charge is -2.12. The molecule has 0 atom stereocenters. The van der Waals surface area contributed by atoms with Gasteiger partial charge in [-0.1, -0.05) is 11.8 Å². The first-order chi connectivity index (χ1) is 9.88. The molecule has 1 heterocycles. The number of carboxylic acid groups (broad SMARTS) is 1. The van der Waals surface area contributed by atoms with Crippen molar-refractivity contribution in [3.05, 3.63) is 23.8 Å². The van der Waals surface area contributed by atoms with Crippen LogP contribution in [0.4, 0.5) is 8.78 Å². The highest BCUT2D eigenvalue weighted by atomic mass is 32.2. The van der Waals surface area contributed by atoms with Crippen LogP contribution in [0.3, 0.4) is 0 Å². The van der Waals surface area contributed by atoms with Crippen LogP contribution in [-0.4, -0.2) is 51.9 Å². The molecule has 0 aliphatic rings. The molecule has 2 aromatic rings. The van der Waals surface area contributed by atoms with Crippen LogP contribution in [-0.2, 0) is 11.3 Å². The molecule has 0 unspecified atom stereocenters. The molecular formula is C13H15F2N3O2S. The van der Waals surface area contributed by atoms with Gasteiger partial charge >= 0.3 is 5.97 Å². The highest BCUT2D eigenvalue weighted by Crippen LogP contribution is 2.26. The van der Waals surface area contributed by atoms with E-state index in [4.69, 9.17) is 5.11 Å². The van der Waals surface area contributed by atoms with Crippen LogP contribution >= 0.6 is 11.8 Å². The summed E-state index contributed by atoms with van der Waals surface area (Å²) in [6.45, 7) is 1.11. The Bertz CT molecular complexity index is 673. The predicted octanol–water partition coefficient (Wildman–Crippen LogP) is 2.05. The average molecular weight is 315 g/mol. The lowest BCUT2D eigenvalue weighted by atomic mass is 10.3. The molecule has 0 bridgehead atoms. The minimum atomic E-state index is -0.988. The van der Waals surface area contributed by atoms with E-state index in [1.807, 2.05) is 19.0 Å². The van der Waals surface area contributed by atoms with Gasteiger partial charge < -0.3 is 14.6 Å². The van der Waals surface area contributed by atoms with Gasteiger partial charge in [0.15, 0.2) is 11.0 Å². The summed E-state index contributed by atoms with van der Waals surface area (Å²) in [6.07, 6.45) is 0. The highest BCUT2D eigenvalue weighted by molar-refractivity contribution is 7.99. The van der Waals surface area contributed by atoms with Crippen molar-refractivity contribution in [3.63, 3.8) is 0 Å². The molecule has 0 fully saturated rings. The molecular weight excluding hydrogens is 300 g/mol. The fourth-order valence-electron chi connectivity index (χ4n) is 1.88. The molecule has 0 aliphatic heterocycles. The number of nitrogens with zero attached hydrogens (tertiary/aromatic N) is 3. The van der Waals surface area contributed by atoms with Gasteiger partial charge in [0.05, 0.1) is 11.3 Å². The van der Waals surface area contributed by atoms with Gasteiger partial charge in [-0.05, 0) is 14.1 Å². The molecule has 2 rings (SSSR count). The number of aliphatic carboxylic acids is 1. The Hall–Kier alpha value is -1.67. The molecule has 0 aliphatic carbocycles. The second kappa shape index (κ2) is 6.40. The topological polar surface area (TPSA) is 58.4 Å². The van der Waals surface area contributed by atoms with Gasteiger partial charge in [0.2, 0.25) is 0 Å². The summed E-state index contributed by atoms with van der Waals surface area (Å²) in [5.41, 5.74) is 0.394. The van der Waals surface area contributed by atoms with E-state index in [0.29, 0.717) is 23.8 Å². The smallest absolute Gasteiger partial charge is 0.313 e. The van der Waals surface area contributed by atoms with E-state index in [9.17, 15) is 13.6 Å². The molecule has 8 heteroatoms. The molecule has 1 aromatic heterocycles. The summed E-state index contributed by atoms with van der Waals surface area (Å²) in [5, 5.41) is 9.13. The summed E-state index contributed by atoms with van der Waals surface area (Å²) >= 11 is 0.992. The minimum absolute atomic E-state index is 0.0584. The fraction of sp³-hybridized carbons (Fsp3) is 0.385. The number of likely N-dealkylation sites (N-methyl/N-ethyl adjacent to an activating group) is 1. The first kappa shape index (κ1) is 15.7. The van der Waals surface area contributed by atoms with Gasteiger partial charge in [-0.3, -0.25) is 4.79 Å². The molecule has 0 spiro atoms. The number of rotatable bonds is 6. The third kappa shape index (κ3) is 3.70. The quantitative estimate of drug-likeness (QED) is 0.827. The van der Waals surface area contributed by atoms with Crippen LogP contribution in [0, 0.1) is 11.6 Å². The van der Waals surface area contributed by atoms with E-state index in [1.165, 1.54) is 6.07 Å². The van der Waals surface area contributed by atoms with Crippen molar-refractivity contribution in [2.75, 3.05) is 26.4 Å². The number of fused-ring (bicyclic) bond motifs is 1. The number of imidazole rings is 1. The van der Waals surface area contributed by atoms with Gasteiger partial charge in [-0.2, -0.15) is 0 Å². The van der Waals surface area contributed by atoms with Gasteiger partial charge in [0, 0.05) is 25.2 Å². The van der Waals surface area contributed by atoms with Gasteiger partial charge in [-0.15, -0.1) is 0 Å². The zero-order chi connectivity index (χ0) is 15.6. The largest absolute Gasteiger partial charge is 0.481 e. The Morgan fingerprint density at radius 1 is 1.43 bits per heavy atom. The van der Waals surface area contributed by atoms with Crippen LogP contribution in [0.5, 0.6) is 0 Å². The number of carbonyl (C=O) groups is 1. The molecule has 1 aromatic carbocycles. The number of aromatic nitrogens is 2. The van der Waals surface area contributed by atoms with Crippen molar-refractivity contribution < 1.29 is 18.7 Å². The van der Waals surface area contributed by atoms with Crippen LogP contribution in [0.2, 0.25) is 0 Å². The van der Waals surface area contributed by atoms with Gasteiger partial charge in [-0.25, -0.2) is 13.8 Å². The maximum atomic E-state index is 13.8. The maximum absolute atomic E-state index is 13.8. The molecule has 0 saturated carbocycles. The first-order valence-electron chi connectivity index (χ1n) is 6.23. The standard InChI is InChI=1S/C13H15F2N3O2S/c1-17(2)3-4-18-10-6-8(14)5-9(15)12(10)16-13(18)21-7-11(19)20/h5-6H,3-4,7H2,1-2H3,(H,19,20). The lowest BCUT2D eigenvalue weighted by molar-refractivity contribution is -0.133. The first-order valence-corrected chi connectivity index (χ1v) is 7.21. The van der Waals surface area contributed by atoms with E-state index in [2.05, 4.69) is 4.98 Å². The third-order valence-corrected chi connectivity index (χ3v) is 3.79. The molecule has 1 N–H and O–H groups in total. The SMILES string of the molecule is CN(C)CCn1c(SCC(=O)O)nc2c(F)cc(F)cc21. The van der Waals surface area contributed by atoms with Crippen LogP contribution in [0.15, 0.2) is 17.3 Å². The number of hydrogen-bond acceptors (Lipinski definition) is 4. The third-order valence-electron chi connectivity index (χ3n) is 2.83.